The number of aliphatic hydroxyl groups excluding tert-OH is 2. The van der Waals surface area contributed by atoms with E-state index >= 15 is 0 Å². The van der Waals surface area contributed by atoms with Crippen LogP contribution in [0, 0.1) is 0 Å². The van der Waals surface area contributed by atoms with Crippen molar-refractivity contribution in [2.24, 2.45) is 0 Å². The molecule has 4 heteroatoms. The lowest BCUT2D eigenvalue weighted by molar-refractivity contribution is 0.0131. The molecule has 0 radical (unpaired) electrons. The highest BCUT2D eigenvalue weighted by atomic mass is 19.1. The zero-order chi connectivity index (χ0) is 8.32. The lowest BCUT2D eigenvalue weighted by atomic mass is 10.0. The molecular weight excluding hydrogens is 149 g/mol. The molecule has 0 aliphatic heterocycles. The van der Waals surface area contributed by atoms with Crippen molar-refractivity contribution in [2.75, 3.05) is 13.3 Å². The molecule has 0 spiro atoms. The van der Waals surface area contributed by atoms with Crippen LogP contribution in [0.2, 0.25) is 0 Å². The highest BCUT2D eigenvalue weighted by Gasteiger charge is 2.41. The van der Waals surface area contributed by atoms with E-state index in [1.807, 2.05) is 0 Å². The summed E-state index contributed by atoms with van der Waals surface area (Å²) >= 11 is 0. The van der Waals surface area contributed by atoms with Crippen LogP contribution in [0.5, 0.6) is 0 Å². The summed E-state index contributed by atoms with van der Waals surface area (Å²) in [5, 5.41) is 20.0. The van der Waals surface area contributed by atoms with Gasteiger partial charge in [-0.2, -0.15) is 0 Å². The highest BCUT2D eigenvalue weighted by molar-refractivity contribution is 4.94. The second kappa shape index (κ2) is 3.47. The van der Waals surface area contributed by atoms with E-state index in [2.05, 4.69) is 5.32 Å². The molecule has 1 saturated carbocycles. The summed E-state index contributed by atoms with van der Waals surface area (Å²) < 4.78 is 13.5. The molecule has 1 aliphatic rings. The molecule has 11 heavy (non-hydrogen) atoms. The summed E-state index contributed by atoms with van der Waals surface area (Å²) in [6.45, 7) is -0.191. The number of hydrogen-bond donors (Lipinski definition) is 3. The Hall–Kier alpha value is -0.190. The van der Waals surface area contributed by atoms with Gasteiger partial charge in [-0.25, -0.2) is 4.39 Å². The van der Waals surface area contributed by atoms with Crippen molar-refractivity contribution >= 4 is 0 Å². The number of hydrogen-bond acceptors (Lipinski definition) is 3. The lowest BCUT2D eigenvalue weighted by Crippen LogP contribution is -2.42. The van der Waals surface area contributed by atoms with E-state index in [-0.39, 0.29) is 13.3 Å². The first kappa shape index (κ1) is 8.90. The Morgan fingerprint density at radius 2 is 2.36 bits per heavy atom. The predicted molar refractivity (Wildman–Crippen MR) is 38.8 cm³/mol. The molecule has 2 unspecified atom stereocenters. The quantitative estimate of drug-likeness (QED) is 0.504. The van der Waals surface area contributed by atoms with Crippen LogP contribution in [0.15, 0.2) is 0 Å². The standard InChI is InChI=1S/C7H14FNO2/c8-7(4-9-5-10)3-1-2-6(7)11/h6,9-11H,1-5H2. The second-order valence-electron chi connectivity index (χ2n) is 3.03. The Morgan fingerprint density at radius 3 is 2.82 bits per heavy atom. The lowest BCUT2D eigenvalue weighted by Gasteiger charge is -2.23. The molecule has 0 amide bonds. The topological polar surface area (TPSA) is 52.5 Å². The van der Waals surface area contributed by atoms with E-state index in [9.17, 15) is 9.50 Å². The first-order valence-electron chi connectivity index (χ1n) is 3.87. The Bertz CT molecular complexity index is 134. The highest BCUT2D eigenvalue weighted by Crippen LogP contribution is 2.32. The SMILES string of the molecule is OCNCC1(F)CCCC1O. The third-order valence-corrected chi connectivity index (χ3v) is 2.20. The third kappa shape index (κ3) is 1.89. The predicted octanol–water partition coefficient (Wildman–Crippen LogP) is -0.221. The molecule has 0 aromatic rings. The molecule has 0 saturated heterocycles. The van der Waals surface area contributed by atoms with Gasteiger partial charge in [0, 0.05) is 6.54 Å². The minimum absolute atomic E-state index is 0.0463. The molecule has 0 aromatic heterocycles. The van der Waals surface area contributed by atoms with Crippen LogP contribution in [0.25, 0.3) is 0 Å². The van der Waals surface area contributed by atoms with Gasteiger partial charge in [0.2, 0.25) is 0 Å². The summed E-state index contributed by atoms with van der Waals surface area (Å²) in [6.07, 6.45) is 0.789. The van der Waals surface area contributed by atoms with Gasteiger partial charge < -0.3 is 10.2 Å². The zero-order valence-corrected chi connectivity index (χ0v) is 6.39. The first-order valence-corrected chi connectivity index (χ1v) is 3.87. The van der Waals surface area contributed by atoms with Crippen molar-refractivity contribution in [3.63, 3.8) is 0 Å². The molecule has 0 aromatic carbocycles. The fourth-order valence-electron chi connectivity index (χ4n) is 1.48. The van der Waals surface area contributed by atoms with Crippen molar-refractivity contribution in [1.29, 1.82) is 0 Å². The van der Waals surface area contributed by atoms with Gasteiger partial charge >= 0.3 is 0 Å². The van der Waals surface area contributed by atoms with Crippen LogP contribution < -0.4 is 5.32 Å². The van der Waals surface area contributed by atoms with Crippen molar-refractivity contribution < 1.29 is 14.6 Å². The largest absolute Gasteiger partial charge is 0.390 e. The van der Waals surface area contributed by atoms with Crippen LogP contribution >= 0.6 is 0 Å². The monoisotopic (exact) mass is 163 g/mol. The van der Waals surface area contributed by atoms with Crippen LogP contribution in [-0.2, 0) is 0 Å². The molecule has 1 aliphatic carbocycles. The molecule has 1 rings (SSSR count). The molecule has 0 bridgehead atoms. The molecular formula is C7H14FNO2. The van der Waals surface area contributed by atoms with Gasteiger partial charge in [0.15, 0.2) is 0 Å². The van der Waals surface area contributed by atoms with Crippen molar-refractivity contribution in [1.82, 2.24) is 5.32 Å². The van der Waals surface area contributed by atoms with Crippen LogP contribution in [0.3, 0.4) is 0 Å². The third-order valence-electron chi connectivity index (χ3n) is 2.20. The van der Waals surface area contributed by atoms with Gasteiger partial charge in [0.25, 0.3) is 0 Å². The maximum atomic E-state index is 13.5. The Morgan fingerprint density at radius 1 is 1.64 bits per heavy atom. The maximum Gasteiger partial charge on any atom is 0.149 e. The van der Waals surface area contributed by atoms with E-state index in [0.29, 0.717) is 12.8 Å². The van der Waals surface area contributed by atoms with E-state index in [1.54, 1.807) is 0 Å². The fraction of sp³-hybridized carbons (Fsp3) is 1.00. The summed E-state index contributed by atoms with van der Waals surface area (Å²) in [7, 11) is 0. The van der Waals surface area contributed by atoms with Gasteiger partial charge in [-0.3, -0.25) is 5.32 Å². The fourth-order valence-corrected chi connectivity index (χ4v) is 1.48. The summed E-state index contributed by atoms with van der Waals surface area (Å²) in [6, 6.07) is 0. The molecule has 1 fully saturated rings. The average Bonchev–Trinajstić information content (AvgIpc) is 2.30. The molecule has 3 nitrogen and oxygen atoms in total. The number of alkyl halides is 1. The van der Waals surface area contributed by atoms with Gasteiger partial charge in [-0.05, 0) is 19.3 Å². The van der Waals surface area contributed by atoms with Gasteiger partial charge in [0.05, 0.1) is 12.8 Å². The first-order chi connectivity index (χ1) is 5.19. The van der Waals surface area contributed by atoms with Crippen molar-refractivity contribution in [3.8, 4) is 0 Å². The molecule has 66 valence electrons. The average molecular weight is 163 g/mol. The zero-order valence-electron chi connectivity index (χ0n) is 6.39. The maximum absolute atomic E-state index is 13.5. The summed E-state index contributed by atoms with van der Waals surface area (Å²) in [5.41, 5.74) is -1.51. The number of nitrogens with one attached hydrogen (secondary N) is 1. The number of halogens is 1. The van der Waals surface area contributed by atoms with E-state index < -0.39 is 11.8 Å². The van der Waals surface area contributed by atoms with Gasteiger partial charge in [-0.15, -0.1) is 0 Å². The number of rotatable bonds is 3. The molecule has 3 N–H and O–H groups in total. The smallest absolute Gasteiger partial charge is 0.149 e. The summed E-state index contributed by atoms with van der Waals surface area (Å²) in [4.78, 5) is 0. The van der Waals surface area contributed by atoms with E-state index in [1.165, 1.54) is 0 Å². The Balaban J connectivity index is 2.38. The summed E-state index contributed by atoms with van der Waals surface area (Å²) in [5.74, 6) is 0. The van der Waals surface area contributed by atoms with Crippen molar-refractivity contribution in [3.05, 3.63) is 0 Å². The van der Waals surface area contributed by atoms with Crippen LogP contribution in [0.1, 0.15) is 19.3 Å². The minimum atomic E-state index is -1.51. The molecule has 2 atom stereocenters. The molecule has 0 heterocycles. The van der Waals surface area contributed by atoms with Crippen LogP contribution in [-0.4, -0.2) is 35.3 Å². The van der Waals surface area contributed by atoms with E-state index in [4.69, 9.17) is 5.11 Å². The van der Waals surface area contributed by atoms with Crippen molar-refractivity contribution in [2.45, 2.75) is 31.0 Å². The van der Waals surface area contributed by atoms with E-state index in [0.717, 1.165) is 6.42 Å². The van der Waals surface area contributed by atoms with Gasteiger partial charge in [-0.1, -0.05) is 0 Å². The normalized spacial score (nSPS) is 37.9. The van der Waals surface area contributed by atoms with Crippen LogP contribution in [0.4, 0.5) is 4.39 Å². The Labute approximate surface area is 65.2 Å². The second-order valence-corrected chi connectivity index (χ2v) is 3.03. The minimum Gasteiger partial charge on any atom is -0.390 e. The number of aliphatic hydroxyl groups is 2. The Kier molecular flexibility index (Phi) is 2.81. The van der Waals surface area contributed by atoms with Gasteiger partial charge in [0.1, 0.15) is 5.67 Å².